The Morgan fingerprint density at radius 1 is 1.50 bits per heavy atom. The Hall–Kier alpha value is -0.603. The van der Waals surface area contributed by atoms with Crippen molar-refractivity contribution in [3.8, 4) is 11.5 Å². The predicted molar refractivity (Wildman–Crippen MR) is 86.3 cm³/mol. The van der Waals surface area contributed by atoms with Gasteiger partial charge in [-0.05, 0) is 18.8 Å². The molecule has 0 unspecified atom stereocenters. The summed E-state index contributed by atoms with van der Waals surface area (Å²) in [7, 11) is -0.00151. The van der Waals surface area contributed by atoms with E-state index in [1.807, 2.05) is 0 Å². The first kappa shape index (κ1) is 17.4. The number of methoxy groups -OCH3 is 1. The molecule has 0 bridgehead atoms. The van der Waals surface area contributed by atoms with Crippen molar-refractivity contribution in [1.29, 1.82) is 0 Å². The van der Waals surface area contributed by atoms with E-state index >= 15 is 0 Å². The summed E-state index contributed by atoms with van der Waals surface area (Å²) in [5.41, 5.74) is 2.33. The molecule has 0 spiro atoms. The lowest BCUT2D eigenvalue weighted by Gasteiger charge is -2.28. The monoisotopic (exact) mass is 358 g/mol. The van der Waals surface area contributed by atoms with Gasteiger partial charge < -0.3 is 4.74 Å². The fourth-order valence-electron chi connectivity index (χ4n) is 2.67. The van der Waals surface area contributed by atoms with Gasteiger partial charge in [-0.3, -0.25) is 9.59 Å². The van der Waals surface area contributed by atoms with Crippen LogP contribution in [-0.4, -0.2) is 32.3 Å². The van der Waals surface area contributed by atoms with Gasteiger partial charge in [-0.2, -0.15) is 0 Å². The number of esters is 1. The van der Waals surface area contributed by atoms with Crippen molar-refractivity contribution in [2.75, 3.05) is 12.4 Å². The second-order valence-electron chi connectivity index (χ2n) is 6.35. The molecule has 0 saturated heterocycles. The predicted octanol–water partition coefficient (Wildman–Crippen LogP) is 3.18. The van der Waals surface area contributed by atoms with Crippen molar-refractivity contribution in [1.82, 2.24) is 0 Å². The minimum Gasteiger partial charge on any atom is -0.468 e. The van der Waals surface area contributed by atoms with E-state index < -0.39 is 19.5 Å². The van der Waals surface area contributed by atoms with Crippen LogP contribution in [-0.2, 0) is 14.3 Å². The van der Waals surface area contributed by atoms with E-state index in [1.165, 1.54) is 7.11 Å². The Kier molecular flexibility index (Phi) is 6.02. The van der Waals surface area contributed by atoms with Crippen molar-refractivity contribution in [3.05, 3.63) is 0 Å². The summed E-state index contributed by atoms with van der Waals surface area (Å²) < 4.78 is 4.87. The Bertz CT molecular complexity index is 444. The van der Waals surface area contributed by atoms with Gasteiger partial charge >= 0.3 is 5.97 Å². The number of hydrogen-bond acceptors (Lipinski definition) is 3. The number of ketones is 1. The Balaban J connectivity index is 2.80. The molecular weight excluding hydrogens is 336 g/mol. The number of Topliss-reactive ketones (excluding diaryl/α,β-unsaturated/α-hetero) is 1. The number of halogens is 1. The lowest BCUT2D eigenvalue weighted by Crippen LogP contribution is -2.43. The van der Waals surface area contributed by atoms with Crippen LogP contribution >= 0.6 is 15.9 Å². The molecule has 0 aliphatic heterocycles. The molecule has 1 aliphatic carbocycles. The van der Waals surface area contributed by atoms with Gasteiger partial charge in [0.15, 0.2) is 5.78 Å². The fourth-order valence-corrected chi connectivity index (χ4v) is 4.32. The van der Waals surface area contributed by atoms with Crippen LogP contribution in [0.3, 0.4) is 0 Å². The number of hydrogen-bond donors (Lipinski definition) is 0. The summed E-state index contributed by atoms with van der Waals surface area (Å²) in [4.78, 5) is 24.2. The molecule has 0 heterocycles. The maximum absolute atomic E-state index is 12.2. The van der Waals surface area contributed by atoms with Crippen LogP contribution in [0.25, 0.3) is 0 Å². The molecule has 0 aromatic rings. The third-order valence-electron chi connectivity index (χ3n) is 3.76. The lowest BCUT2D eigenvalue weighted by atomic mass is 9.77. The minimum atomic E-state index is -1.35. The Morgan fingerprint density at radius 2 is 2.15 bits per heavy atom. The normalized spacial score (nSPS) is 26.1. The van der Waals surface area contributed by atoms with Crippen molar-refractivity contribution in [2.45, 2.75) is 45.3 Å². The lowest BCUT2D eigenvalue weighted by molar-refractivity contribution is -0.157. The van der Waals surface area contributed by atoms with E-state index in [0.717, 1.165) is 19.3 Å². The van der Waals surface area contributed by atoms with Crippen molar-refractivity contribution >= 4 is 35.8 Å². The van der Waals surface area contributed by atoms with E-state index in [1.54, 1.807) is 0 Å². The highest BCUT2D eigenvalue weighted by atomic mass is 79.9. The molecule has 1 fully saturated rings. The van der Waals surface area contributed by atoms with Gasteiger partial charge in [0.05, 0.1) is 7.11 Å². The zero-order valence-electron chi connectivity index (χ0n) is 12.7. The zero-order chi connectivity index (χ0) is 15.4. The van der Waals surface area contributed by atoms with E-state index in [0.29, 0.717) is 11.8 Å². The second kappa shape index (κ2) is 6.90. The number of carbonyl (C=O) groups excluding carboxylic acids is 2. The molecule has 0 radical (unpaired) electrons. The van der Waals surface area contributed by atoms with E-state index in [-0.39, 0.29) is 11.7 Å². The van der Waals surface area contributed by atoms with Gasteiger partial charge in [-0.15, -0.1) is 11.5 Å². The molecule has 1 aliphatic rings. The summed E-state index contributed by atoms with van der Waals surface area (Å²) in [5, 5.41) is 0.345. The second-order valence-corrected chi connectivity index (χ2v) is 11.7. The van der Waals surface area contributed by atoms with Crippen LogP contribution in [0, 0.1) is 22.8 Å². The van der Waals surface area contributed by atoms with Gasteiger partial charge in [-0.1, -0.05) is 35.6 Å². The third-order valence-corrected chi connectivity index (χ3v) is 5.57. The first-order valence-electron chi connectivity index (χ1n) is 6.95. The molecule has 3 nitrogen and oxygen atoms in total. The van der Waals surface area contributed by atoms with Crippen molar-refractivity contribution in [2.24, 2.45) is 11.3 Å². The summed E-state index contributed by atoms with van der Waals surface area (Å²) in [6.07, 6.45) is 2.75. The van der Waals surface area contributed by atoms with E-state index in [9.17, 15) is 9.59 Å². The molecule has 1 saturated carbocycles. The molecule has 0 N–H and O–H groups in total. The molecule has 112 valence electrons. The molecule has 0 aromatic carbocycles. The van der Waals surface area contributed by atoms with Crippen LogP contribution in [0.4, 0.5) is 0 Å². The number of ether oxygens (including phenoxy) is 1. The summed E-state index contributed by atoms with van der Waals surface area (Å²) in [5.74, 6) is 2.86. The smallest absolute Gasteiger partial charge is 0.320 e. The highest BCUT2D eigenvalue weighted by Gasteiger charge is 2.55. The zero-order valence-corrected chi connectivity index (χ0v) is 15.3. The maximum Gasteiger partial charge on any atom is 0.320 e. The van der Waals surface area contributed by atoms with Gasteiger partial charge in [0.25, 0.3) is 0 Å². The van der Waals surface area contributed by atoms with Crippen LogP contribution in [0.15, 0.2) is 0 Å². The number of carbonyl (C=O) groups is 2. The van der Waals surface area contributed by atoms with Gasteiger partial charge in [0, 0.05) is 18.2 Å². The molecule has 0 aromatic heterocycles. The fraction of sp³-hybridized carbons (Fsp3) is 0.733. The van der Waals surface area contributed by atoms with Crippen LogP contribution in [0.5, 0.6) is 0 Å². The molecule has 20 heavy (non-hydrogen) atoms. The molecule has 2 atom stereocenters. The first-order valence-corrected chi connectivity index (χ1v) is 11.6. The summed E-state index contributed by atoms with van der Waals surface area (Å²) in [6, 6.07) is 0. The van der Waals surface area contributed by atoms with E-state index in [2.05, 4.69) is 47.0 Å². The Labute approximate surface area is 131 Å². The first-order chi connectivity index (χ1) is 9.28. The molecular formula is C15H23BrO3Si. The maximum atomic E-state index is 12.2. The van der Waals surface area contributed by atoms with Crippen LogP contribution < -0.4 is 0 Å². The highest BCUT2D eigenvalue weighted by molar-refractivity contribution is 9.09. The SMILES string of the molecule is COC(=O)[C@@]1(CBr)C(=O)CC[C@H]1CCC#C[Si](C)(C)C. The highest BCUT2D eigenvalue weighted by Crippen LogP contribution is 2.45. The largest absolute Gasteiger partial charge is 0.468 e. The molecule has 1 rings (SSSR count). The van der Waals surface area contributed by atoms with Crippen LogP contribution in [0.2, 0.25) is 19.6 Å². The van der Waals surface area contributed by atoms with Gasteiger partial charge in [0.1, 0.15) is 13.5 Å². The quantitative estimate of drug-likeness (QED) is 0.255. The average Bonchev–Trinajstić information content (AvgIpc) is 2.70. The Morgan fingerprint density at radius 3 is 2.65 bits per heavy atom. The minimum absolute atomic E-state index is 0.00406. The van der Waals surface area contributed by atoms with Gasteiger partial charge in [-0.25, -0.2) is 0 Å². The van der Waals surface area contributed by atoms with Crippen molar-refractivity contribution < 1.29 is 14.3 Å². The average molecular weight is 359 g/mol. The summed E-state index contributed by atoms with van der Waals surface area (Å²) >= 11 is 3.35. The van der Waals surface area contributed by atoms with Gasteiger partial charge in [0.2, 0.25) is 0 Å². The third kappa shape index (κ3) is 3.73. The molecule has 0 amide bonds. The van der Waals surface area contributed by atoms with Crippen LogP contribution in [0.1, 0.15) is 25.7 Å². The number of rotatable bonds is 4. The topological polar surface area (TPSA) is 43.4 Å². The van der Waals surface area contributed by atoms with E-state index in [4.69, 9.17) is 4.74 Å². The molecule has 5 heteroatoms. The standard InChI is InChI=1S/C15H23BrO3Si/c1-19-14(18)15(11-16)12(8-9-13(15)17)7-5-6-10-20(2,3)4/h12H,5,7-9,11H2,1-4H3/t12-,15-/m1/s1. The summed E-state index contributed by atoms with van der Waals surface area (Å²) in [6.45, 7) is 6.61. The van der Waals surface area contributed by atoms with Crippen molar-refractivity contribution in [3.63, 3.8) is 0 Å². The number of alkyl halides is 1.